The molecule has 0 radical (unpaired) electrons. The normalized spacial score (nSPS) is 14.7. The molecular weight excluding hydrogens is 412 g/mol. The van der Waals surface area contributed by atoms with Crippen LogP contribution in [0.1, 0.15) is 23.2 Å². The third kappa shape index (κ3) is 5.58. The summed E-state index contributed by atoms with van der Waals surface area (Å²) in [5.41, 5.74) is 1.45. The second-order valence-electron chi connectivity index (χ2n) is 7.07. The van der Waals surface area contributed by atoms with E-state index in [1.54, 1.807) is 4.90 Å². The van der Waals surface area contributed by atoms with Crippen LogP contribution in [0.2, 0.25) is 5.02 Å². The van der Waals surface area contributed by atoms with E-state index in [0.717, 1.165) is 11.9 Å². The van der Waals surface area contributed by atoms with Crippen LogP contribution in [-0.2, 0) is 14.6 Å². The van der Waals surface area contributed by atoms with Crippen LogP contribution in [0.5, 0.6) is 0 Å². The number of sulfone groups is 1. The molecule has 1 heterocycles. The van der Waals surface area contributed by atoms with Crippen molar-refractivity contribution in [2.75, 3.05) is 37.3 Å². The Morgan fingerprint density at radius 3 is 2.21 bits per heavy atom. The Bertz CT molecular complexity index is 998. The number of benzene rings is 2. The molecule has 29 heavy (non-hydrogen) atoms. The number of hydrogen-bond acceptors (Lipinski definition) is 5. The highest BCUT2D eigenvalue weighted by Gasteiger charge is 2.22. The lowest BCUT2D eigenvalue weighted by Gasteiger charge is -2.36. The van der Waals surface area contributed by atoms with Gasteiger partial charge in [-0.2, -0.15) is 0 Å². The van der Waals surface area contributed by atoms with Gasteiger partial charge in [0.1, 0.15) is 0 Å². The van der Waals surface area contributed by atoms with Crippen molar-refractivity contribution in [2.45, 2.75) is 17.7 Å². The van der Waals surface area contributed by atoms with Gasteiger partial charge in [0, 0.05) is 61.5 Å². The van der Waals surface area contributed by atoms with E-state index in [2.05, 4.69) is 4.90 Å². The highest BCUT2D eigenvalue weighted by Crippen LogP contribution is 2.21. The molecule has 1 aliphatic rings. The van der Waals surface area contributed by atoms with E-state index in [4.69, 9.17) is 11.6 Å². The molecule has 0 N–H and O–H groups in total. The van der Waals surface area contributed by atoms with E-state index in [1.807, 2.05) is 24.3 Å². The summed E-state index contributed by atoms with van der Waals surface area (Å²) in [6.45, 7) is 2.63. The number of Topliss-reactive ketones (excluding diaryl/α,β-unsaturated/α-hetero) is 1. The average Bonchev–Trinajstić information content (AvgIpc) is 2.71. The third-order valence-electron chi connectivity index (χ3n) is 4.98. The molecule has 0 aliphatic carbocycles. The van der Waals surface area contributed by atoms with Crippen LogP contribution < -0.4 is 4.90 Å². The summed E-state index contributed by atoms with van der Waals surface area (Å²) in [5.74, 6) is -0.215. The average molecular weight is 435 g/mol. The van der Waals surface area contributed by atoms with Gasteiger partial charge >= 0.3 is 0 Å². The molecule has 1 aliphatic heterocycles. The summed E-state index contributed by atoms with van der Waals surface area (Å²) in [6, 6.07) is 13.5. The molecule has 2 aromatic carbocycles. The Morgan fingerprint density at radius 2 is 1.62 bits per heavy atom. The maximum Gasteiger partial charge on any atom is 0.223 e. The number of carbonyl (C=O) groups excluding carboxylic acids is 2. The maximum absolute atomic E-state index is 12.5. The molecular formula is C21H23ClN2O4S. The van der Waals surface area contributed by atoms with E-state index < -0.39 is 9.84 Å². The van der Waals surface area contributed by atoms with Crippen molar-refractivity contribution in [3.63, 3.8) is 0 Å². The third-order valence-corrected chi connectivity index (χ3v) is 6.34. The van der Waals surface area contributed by atoms with Gasteiger partial charge in [0.25, 0.3) is 0 Å². The highest BCUT2D eigenvalue weighted by molar-refractivity contribution is 7.90. The fourth-order valence-corrected chi connectivity index (χ4v) is 4.11. The van der Waals surface area contributed by atoms with Gasteiger partial charge in [-0.3, -0.25) is 9.59 Å². The van der Waals surface area contributed by atoms with Crippen molar-refractivity contribution in [3.05, 3.63) is 59.1 Å². The molecule has 1 fully saturated rings. The molecule has 0 unspecified atom stereocenters. The van der Waals surface area contributed by atoms with Crippen LogP contribution in [0.4, 0.5) is 5.69 Å². The minimum atomic E-state index is -3.30. The quantitative estimate of drug-likeness (QED) is 0.653. The first-order valence-electron chi connectivity index (χ1n) is 9.35. The highest BCUT2D eigenvalue weighted by atomic mass is 35.5. The Kier molecular flexibility index (Phi) is 6.59. The van der Waals surface area contributed by atoms with Crippen LogP contribution in [0.3, 0.4) is 0 Å². The van der Waals surface area contributed by atoms with Gasteiger partial charge in [-0.1, -0.05) is 29.8 Å². The number of halogens is 1. The van der Waals surface area contributed by atoms with Crippen LogP contribution in [0, 0.1) is 0 Å². The number of rotatable bonds is 6. The van der Waals surface area contributed by atoms with Gasteiger partial charge in [0.2, 0.25) is 5.91 Å². The number of amides is 1. The smallest absolute Gasteiger partial charge is 0.223 e. The monoisotopic (exact) mass is 434 g/mol. The van der Waals surface area contributed by atoms with Crippen molar-refractivity contribution in [1.29, 1.82) is 0 Å². The van der Waals surface area contributed by atoms with Crippen LogP contribution in [0.15, 0.2) is 53.4 Å². The van der Waals surface area contributed by atoms with Gasteiger partial charge in [-0.05, 0) is 30.3 Å². The molecule has 8 heteroatoms. The summed E-state index contributed by atoms with van der Waals surface area (Å²) < 4.78 is 23.0. The topological polar surface area (TPSA) is 74.8 Å². The SMILES string of the molecule is CS(=O)(=O)c1ccc(C(=O)CCC(=O)N2CCN(c3cccc(Cl)c3)CC2)cc1. The molecule has 0 saturated carbocycles. The Morgan fingerprint density at radius 1 is 0.966 bits per heavy atom. The van der Waals surface area contributed by atoms with E-state index in [9.17, 15) is 18.0 Å². The Balaban J connectivity index is 1.49. The van der Waals surface area contributed by atoms with E-state index >= 15 is 0 Å². The predicted molar refractivity (Wildman–Crippen MR) is 113 cm³/mol. The summed E-state index contributed by atoms with van der Waals surface area (Å²) in [7, 11) is -3.30. The summed E-state index contributed by atoms with van der Waals surface area (Å²) >= 11 is 6.04. The van der Waals surface area contributed by atoms with Crippen molar-refractivity contribution < 1.29 is 18.0 Å². The Labute approximate surface area is 176 Å². The van der Waals surface area contributed by atoms with Gasteiger partial charge in [0.05, 0.1) is 4.90 Å². The summed E-state index contributed by atoms with van der Waals surface area (Å²) in [5, 5.41) is 0.684. The van der Waals surface area contributed by atoms with Gasteiger partial charge < -0.3 is 9.80 Å². The summed E-state index contributed by atoms with van der Waals surface area (Å²) in [4.78, 5) is 28.9. The molecule has 1 amide bonds. The van der Waals surface area contributed by atoms with Crippen molar-refractivity contribution in [3.8, 4) is 0 Å². The number of hydrogen-bond donors (Lipinski definition) is 0. The van der Waals surface area contributed by atoms with Crippen LogP contribution >= 0.6 is 11.6 Å². The summed E-state index contributed by atoms with van der Waals surface area (Å²) in [6.07, 6.45) is 1.37. The van der Waals surface area contributed by atoms with Crippen molar-refractivity contribution >= 4 is 38.8 Å². The first-order chi connectivity index (χ1) is 13.7. The van der Waals surface area contributed by atoms with E-state index in [-0.39, 0.29) is 29.4 Å². The zero-order chi connectivity index (χ0) is 21.0. The predicted octanol–water partition coefficient (Wildman–Crippen LogP) is 3.06. The largest absolute Gasteiger partial charge is 0.368 e. The molecule has 1 saturated heterocycles. The zero-order valence-corrected chi connectivity index (χ0v) is 17.7. The molecule has 3 rings (SSSR count). The van der Waals surface area contributed by atoms with E-state index in [1.165, 1.54) is 24.3 Å². The maximum atomic E-state index is 12.5. The number of nitrogens with zero attached hydrogens (tertiary/aromatic N) is 2. The lowest BCUT2D eigenvalue weighted by atomic mass is 10.1. The number of piperazine rings is 1. The Hall–Kier alpha value is -2.38. The van der Waals surface area contributed by atoms with Gasteiger partial charge in [-0.25, -0.2) is 8.42 Å². The minimum absolute atomic E-state index is 0.0446. The number of ketones is 1. The van der Waals surface area contributed by atoms with Crippen LogP contribution in [0.25, 0.3) is 0 Å². The zero-order valence-electron chi connectivity index (χ0n) is 16.2. The van der Waals surface area contributed by atoms with Crippen molar-refractivity contribution in [2.24, 2.45) is 0 Å². The molecule has 0 atom stereocenters. The van der Waals surface area contributed by atoms with Gasteiger partial charge in [0.15, 0.2) is 15.6 Å². The van der Waals surface area contributed by atoms with Gasteiger partial charge in [-0.15, -0.1) is 0 Å². The lowest BCUT2D eigenvalue weighted by Crippen LogP contribution is -2.48. The molecule has 154 valence electrons. The standard InChI is InChI=1S/C21H23ClN2O4S/c1-29(27,28)19-7-5-16(6-8-19)20(25)9-10-21(26)24-13-11-23(12-14-24)18-4-2-3-17(22)15-18/h2-8,15H,9-14H2,1H3. The number of anilines is 1. The van der Waals surface area contributed by atoms with E-state index in [0.29, 0.717) is 36.8 Å². The molecule has 6 nitrogen and oxygen atoms in total. The fourth-order valence-electron chi connectivity index (χ4n) is 3.30. The lowest BCUT2D eigenvalue weighted by molar-refractivity contribution is -0.131. The van der Waals surface area contributed by atoms with Crippen molar-refractivity contribution in [1.82, 2.24) is 4.90 Å². The first-order valence-corrected chi connectivity index (χ1v) is 11.6. The fraction of sp³-hybridized carbons (Fsp3) is 0.333. The molecule has 0 spiro atoms. The second kappa shape index (κ2) is 8.97. The van der Waals surface area contributed by atoms with Crippen LogP contribution in [-0.4, -0.2) is 57.4 Å². The minimum Gasteiger partial charge on any atom is -0.368 e. The second-order valence-corrected chi connectivity index (χ2v) is 9.52. The molecule has 0 bridgehead atoms. The number of carbonyl (C=O) groups is 2. The molecule has 2 aromatic rings. The molecule has 0 aromatic heterocycles. The first kappa shape index (κ1) is 21.3.